The molecule has 780 valence electrons. The van der Waals surface area contributed by atoms with E-state index < -0.39 is 21.0 Å². The van der Waals surface area contributed by atoms with Gasteiger partial charge in [0.25, 0.3) is 0 Å². The lowest BCUT2D eigenvalue weighted by atomic mass is 9.77. The molecule has 10 N–H and O–H groups in total. The van der Waals surface area contributed by atoms with Crippen LogP contribution in [0, 0.1) is 59.3 Å². The van der Waals surface area contributed by atoms with Crippen molar-refractivity contribution in [1.82, 2.24) is 87.6 Å². The van der Waals surface area contributed by atoms with E-state index in [4.69, 9.17) is 34.6 Å². The molecule has 14 heterocycles. The molecular weight excluding hydrogens is 1900 g/mol. The van der Waals surface area contributed by atoms with E-state index in [0.717, 1.165) is 284 Å². The fraction of sp³-hybridized carbons (Fsp3) is 0.390. The van der Waals surface area contributed by atoms with Gasteiger partial charge in [-0.3, -0.25) is 0 Å². The number of sulfone groups is 1. The molecular formula is C118H140N24O7S. The number of benzene rings is 6. The van der Waals surface area contributed by atoms with Crippen molar-refractivity contribution in [2.24, 2.45) is 17.8 Å². The highest BCUT2D eigenvalue weighted by molar-refractivity contribution is 7.91. The highest BCUT2D eigenvalue weighted by atomic mass is 32.2. The average Bonchev–Trinajstić information content (AvgIpc) is 1.66. The van der Waals surface area contributed by atoms with E-state index in [2.05, 4.69) is 244 Å². The van der Waals surface area contributed by atoms with E-state index in [-0.39, 0.29) is 6.10 Å². The molecule has 6 aromatic carbocycles. The standard InChI is InChI=1S/C22H28N4O.2C20H24N4O.C19H22N4O2S.C19H22N4O.C18H20N4O/c1-15-5-4-6-16(13-15)19-14-23-26-12-11-20(25-21(19)26)24-18-9-7-17(8-10-18)22(2,3)27;1-14-4-3-5-15(12-14)17-13-21-24-11-8-18(23-19(17)24)22-16-6-9-20(2,25)10-7-16;1-14-3-2-4-16(11-14)18-12-21-24-10-9-19(23-20(18)24)22-17-7-5-15(13-25)6-8-17;1-14-3-2-4-16(11-14)17-13-21-23-8-5-18(22-19(17)23)20-12-15-6-9-26(24,25)10-7-15;1-13-3-2-4-14(11-13)17-12-20-23-10-9-18(22-19(17)23)21-15-5-7-16(24)8-6-15;1-13-3-2-4-14(11-13)16-12-19-22-8-5-17(21-18(16)22)20-15-6-9-23-10-7-15/h4-6,11-14,17-18,27H,7-10H2,1-3H3,(H,24,25);3-5,8,11-13,16,25H,6-7,9-10H2,1-2H3,(H,22,23);2-4,9-12,15,17,25H,5-8,13H2,1H3,(H,22,23);2-5,8,11,13,15H,6-7,9-10,12H2,1H3,(H,20,22);2-4,9-12,15-16,24H,5-8H2,1H3,(H,21,22);2-5,8,11-12,15H,6-7,9-10H2,1H3,(H,20,21). The number of anilines is 6. The van der Waals surface area contributed by atoms with Gasteiger partial charge in [-0.15, -0.1) is 0 Å². The maximum atomic E-state index is 11.5. The largest absolute Gasteiger partial charge is 0.396 e. The summed E-state index contributed by atoms with van der Waals surface area (Å²) in [6.45, 7) is 21.0. The number of hydrogen-bond acceptors (Lipinski definition) is 25. The van der Waals surface area contributed by atoms with Crippen molar-refractivity contribution in [3.05, 3.63) is 290 Å². The summed E-state index contributed by atoms with van der Waals surface area (Å²) in [6.07, 6.45) is 42.1. The Balaban J connectivity index is 0.000000113. The first-order valence-electron chi connectivity index (χ1n) is 53.2. The van der Waals surface area contributed by atoms with Crippen molar-refractivity contribution >= 4 is 78.6 Å². The van der Waals surface area contributed by atoms with Crippen LogP contribution in [-0.2, 0) is 14.6 Å². The third-order valence-corrected chi connectivity index (χ3v) is 31.7. The van der Waals surface area contributed by atoms with Crippen LogP contribution in [0.3, 0.4) is 0 Å². The Bertz CT molecular complexity index is 7720. The van der Waals surface area contributed by atoms with Crippen LogP contribution in [0.2, 0.25) is 0 Å². The van der Waals surface area contributed by atoms with Gasteiger partial charge in [0, 0.05) is 127 Å². The number of rotatable bonds is 21. The molecule has 32 heteroatoms. The molecule has 150 heavy (non-hydrogen) atoms. The Kier molecular flexibility index (Phi) is 32.8. The molecule has 0 unspecified atom stereocenters. The summed E-state index contributed by atoms with van der Waals surface area (Å²) in [7, 11) is -2.81. The van der Waals surface area contributed by atoms with Gasteiger partial charge in [-0.1, -0.05) is 179 Å². The molecule has 24 rings (SSSR count). The van der Waals surface area contributed by atoms with E-state index in [9.17, 15) is 28.8 Å². The van der Waals surface area contributed by atoms with E-state index in [1.807, 2.05) is 160 Å². The Morgan fingerprint density at radius 2 is 0.607 bits per heavy atom. The van der Waals surface area contributed by atoms with E-state index in [1.165, 1.54) is 33.4 Å². The third-order valence-electron chi connectivity index (χ3n) is 30.0. The molecule has 0 radical (unpaired) electrons. The van der Waals surface area contributed by atoms with Crippen LogP contribution in [0.25, 0.3) is 101 Å². The molecule has 0 amide bonds. The molecule has 4 saturated carbocycles. The van der Waals surface area contributed by atoms with Gasteiger partial charge in [-0.2, -0.15) is 30.6 Å². The summed E-state index contributed by atoms with van der Waals surface area (Å²) in [5.41, 5.74) is 24.4. The fourth-order valence-electron chi connectivity index (χ4n) is 21.1. The van der Waals surface area contributed by atoms with Crippen LogP contribution in [-0.4, -0.2) is 202 Å². The quantitative estimate of drug-likeness (QED) is 0.0319. The maximum Gasteiger partial charge on any atom is 0.165 e. The van der Waals surface area contributed by atoms with Crippen molar-refractivity contribution < 1.29 is 33.6 Å². The molecule has 2 aliphatic heterocycles. The van der Waals surface area contributed by atoms with Gasteiger partial charge in [0.15, 0.2) is 33.9 Å². The Hall–Kier alpha value is -14.4. The zero-order valence-electron chi connectivity index (χ0n) is 87.3. The lowest BCUT2D eigenvalue weighted by molar-refractivity contribution is -0.000424. The van der Waals surface area contributed by atoms with Crippen molar-refractivity contribution in [2.75, 3.05) is 69.8 Å². The second-order valence-electron chi connectivity index (χ2n) is 42.5. The number of aryl methyl sites for hydroxylation is 6. The fourth-order valence-corrected chi connectivity index (χ4v) is 22.7. The molecule has 31 nitrogen and oxygen atoms in total. The number of aliphatic hydroxyl groups is 4. The van der Waals surface area contributed by atoms with Gasteiger partial charge >= 0.3 is 0 Å². The van der Waals surface area contributed by atoms with Crippen LogP contribution in [0.4, 0.5) is 34.9 Å². The summed E-state index contributed by atoms with van der Waals surface area (Å²) in [5.74, 6) is 7.05. The summed E-state index contributed by atoms with van der Waals surface area (Å²) < 4.78 is 39.4. The Morgan fingerprint density at radius 1 is 0.347 bits per heavy atom. The second kappa shape index (κ2) is 47.2. The minimum Gasteiger partial charge on any atom is -0.396 e. The number of aromatic nitrogens is 18. The van der Waals surface area contributed by atoms with Gasteiger partial charge in [0.2, 0.25) is 0 Å². The zero-order chi connectivity index (χ0) is 104. The van der Waals surface area contributed by atoms with Gasteiger partial charge in [0.1, 0.15) is 44.7 Å². The normalized spacial score (nSPS) is 20.0. The number of ether oxygens (including phenoxy) is 1. The van der Waals surface area contributed by atoms with Gasteiger partial charge < -0.3 is 57.1 Å². The second-order valence-corrected chi connectivity index (χ2v) is 44.8. The molecule has 6 fully saturated rings. The van der Waals surface area contributed by atoms with E-state index in [1.54, 1.807) is 4.52 Å². The van der Waals surface area contributed by atoms with Gasteiger partial charge in [-0.05, 0) is 278 Å². The highest BCUT2D eigenvalue weighted by Gasteiger charge is 2.34. The first kappa shape index (κ1) is 104. The molecule has 18 aromatic rings. The Morgan fingerprint density at radius 3 is 0.887 bits per heavy atom. The van der Waals surface area contributed by atoms with E-state index >= 15 is 0 Å². The third kappa shape index (κ3) is 26.7. The number of nitrogens with zero attached hydrogens (tertiary/aromatic N) is 18. The number of fused-ring (bicyclic) bond motifs is 6. The molecule has 6 aliphatic rings. The molecule has 2 saturated heterocycles. The number of aliphatic hydroxyl groups excluding tert-OH is 2. The summed E-state index contributed by atoms with van der Waals surface area (Å²) >= 11 is 0. The minimum absolute atomic E-state index is 0.138. The van der Waals surface area contributed by atoms with Crippen LogP contribution in [0.5, 0.6) is 0 Å². The SMILES string of the molecule is Cc1cccc(-c2cnn3ccc(NC4CCC(C(C)(C)O)CC4)nc23)c1.Cc1cccc(-c2cnn3ccc(NC4CCC(C)(O)CC4)nc23)c1.Cc1cccc(-c2cnn3ccc(NC4CCC(CO)CC4)nc23)c1.Cc1cccc(-c2cnn3ccc(NC4CCC(O)CC4)nc23)c1.Cc1cccc(-c2cnn3ccc(NC4CCOCC4)nc23)c1.Cc1cccc(-c2cnn3ccc(NCC4CCS(=O)(=O)CC4)nc23)c1. The van der Waals surface area contributed by atoms with Crippen molar-refractivity contribution in [1.29, 1.82) is 0 Å². The van der Waals surface area contributed by atoms with Crippen molar-refractivity contribution in [3.8, 4) is 66.8 Å². The van der Waals surface area contributed by atoms with Crippen molar-refractivity contribution in [2.45, 2.75) is 238 Å². The highest BCUT2D eigenvalue weighted by Crippen LogP contribution is 2.39. The Labute approximate surface area is 876 Å². The van der Waals surface area contributed by atoms with Gasteiger partial charge in [-0.25, -0.2) is 65.4 Å². The van der Waals surface area contributed by atoms with Crippen LogP contribution in [0.1, 0.15) is 183 Å². The van der Waals surface area contributed by atoms with Crippen molar-refractivity contribution in [3.63, 3.8) is 0 Å². The molecule has 0 bridgehead atoms. The molecule has 0 spiro atoms. The number of hydrogen-bond donors (Lipinski definition) is 10. The summed E-state index contributed by atoms with van der Waals surface area (Å²) in [6, 6.07) is 64.2. The molecule has 0 atom stereocenters. The van der Waals surface area contributed by atoms with Gasteiger partial charge in [0.05, 0.1) is 66.0 Å². The van der Waals surface area contributed by atoms with Crippen LogP contribution >= 0.6 is 0 Å². The average molecular weight is 2040 g/mol. The zero-order valence-corrected chi connectivity index (χ0v) is 88.1. The minimum atomic E-state index is -2.81. The molecule has 12 aromatic heterocycles. The molecule has 4 aliphatic carbocycles. The summed E-state index contributed by atoms with van der Waals surface area (Å²) in [5, 5.41) is 86.9. The smallest absolute Gasteiger partial charge is 0.165 e. The predicted octanol–water partition coefficient (Wildman–Crippen LogP) is 21.6. The van der Waals surface area contributed by atoms with Crippen LogP contribution in [0.15, 0.2) is 256 Å². The monoisotopic (exact) mass is 2040 g/mol. The number of nitrogens with one attached hydrogen (secondary N) is 6. The first-order chi connectivity index (χ1) is 72.6. The predicted molar refractivity (Wildman–Crippen MR) is 597 cm³/mol. The summed E-state index contributed by atoms with van der Waals surface area (Å²) in [4.78, 5) is 28.7. The first-order valence-corrected chi connectivity index (χ1v) is 55.0. The van der Waals surface area contributed by atoms with Crippen LogP contribution < -0.4 is 31.9 Å². The van der Waals surface area contributed by atoms with E-state index in [0.29, 0.717) is 66.1 Å². The lowest BCUT2D eigenvalue weighted by Crippen LogP contribution is -2.37. The maximum absolute atomic E-state index is 11.5. The lowest BCUT2D eigenvalue weighted by Gasteiger charge is -2.36. The topological polar surface area (TPSA) is 378 Å².